The first-order valence-electron chi connectivity index (χ1n) is 15.0. The van der Waals surface area contributed by atoms with E-state index in [1.165, 1.54) is 74.1 Å². The second kappa shape index (κ2) is 13.8. The molecule has 0 aromatic heterocycles. The Hall–Kier alpha value is -1.01. The number of rotatable bonds is 4. The third-order valence-corrected chi connectivity index (χ3v) is 13.4. The molecule has 0 amide bonds. The summed E-state index contributed by atoms with van der Waals surface area (Å²) in [6.07, 6.45) is 3.33. The molecule has 5 rings (SSSR count). The molecular formula is C36H44Cl2F2NSTi. The normalized spacial score (nSPS) is 19.8. The zero-order valence-corrected chi connectivity index (χ0v) is 30.8. The second-order valence-corrected chi connectivity index (χ2v) is 17.8. The van der Waals surface area contributed by atoms with Crippen LogP contribution >= 0.6 is 11.8 Å². The van der Waals surface area contributed by atoms with Crippen molar-refractivity contribution in [3.05, 3.63) is 97.5 Å². The van der Waals surface area contributed by atoms with Gasteiger partial charge in [0.2, 0.25) is 0 Å². The molecule has 0 saturated carbocycles. The molecule has 1 fully saturated rings. The second-order valence-electron chi connectivity index (χ2n) is 13.9. The molecule has 0 radical (unpaired) electrons. The molecule has 2 aliphatic heterocycles. The van der Waals surface area contributed by atoms with Crippen molar-refractivity contribution in [2.24, 2.45) is 0 Å². The molecular weight excluding hydrogens is 635 g/mol. The molecule has 2 heterocycles. The van der Waals surface area contributed by atoms with E-state index in [0.29, 0.717) is 0 Å². The van der Waals surface area contributed by atoms with Crippen LogP contribution in [0.15, 0.2) is 63.6 Å². The molecule has 3 aliphatic rings. The monoisotopic (exact) mass is 678 g/mol. The summed E-state index contributed by atoms with van der Waals surface area (Å²) in [5, 5.41) is 0. The van der Waals surface area contributed by atoms with E-state index < -0.39 is 30.3 Å². The first kappa shape index (κ1) is 36.5. The fourth-order valence-electron chi connectivity index (χ4n) is 6.11. The Morgan fingerprint density at radius 1 is 0.791 bits per heavy atom. The number of halogens is 4. The molecule has 7 heteroatoms. The number of hydrogen-bond donors (Lipinski definition) is 0. The smallest absolute Gasteiger partial charge is 1.00 e. The average molecular weight is 680 g/mol. The minimum Gasteiger partial charge on any atom is -1.00 e. The first-order chi connectivity index (χ1) is 19.2. The zero-order chi connectivity index (χ0) is 29.9. The van der Waals surface area contributed by atoms with Crippen molar-refractivity contribution in [3.8, 4) is 0 Å². The van der Waals surface area contributed by atoms with Gasteiger partial charge in [-0.3, -0.25) is 0 Å². The van der Waals surface area contributed by atoms with Crippen LogP contribution < -0.4 is 24.8 Å². The summed E-state index contributed by atoms with van der Waals surface area (Å²) in [7, 11) is 0. The molecule has 1 saturated heterocycles. The summed E-state index contributed by atoms with van der Waals surface area (Å²) in [5.41, 5.74) is 11.0. The summed E-state index contributed by atoms with van der Waals surface area (Å²) < 4.78 is 32.0. The molecule has 0 N–H and O–H groups in total. The maximum Gasteiger partial charge on any atom is -1.00 e. The maximum atomic E-state index is 15.4. The molecule has 1 aliphatic carbocycles. The molecule has 0 spiro atoms. The van der Waals surface area contributed by atoms with Gasteiger partial charge in [0.25, 0.3) is 0 Å². The van der Waals surface area contributed by atoms with Crippen LogP contribution in [-0.2, 0) is 29.5 Å². The number of nitrogens with zero attached hydrogens (tertiary/aromatic N) is 1. The number of hydrogen-bond acceptors (Lipinski definition) is 2. The molecule has 1 unspecified atom stereocenters. The number of likely N-dealkylation sites (tertiary alicyclic amines) is 1. The number of benzene rings is 2. The van der Waals surface area contributed by atoms with Crippen molar-refractivity contribution in [1.29, 1.82) is 0 Å². The number of fused-ring (bicyclic) bond motifs is 1. The molecule has 2 aromatic rings. The Morgan fingerprint density at radius 3 is 1.84 bits per heavy atom. The maximum absolute atomic E-state index is 15.4. The van der Waals surface area contributed by atoms with Crippen LogP contribution in [0.1, 0.15) is 104 Å². The Labute approximate surface area is 283 Å². The van der Waals surface area contributed by atoms with E-state index >= 15 is 8.78 Å². The van der Waals surface area contributed by atoms with Gasteiger partial charge in [0.05, 0.1) is 0 Å². The fraction of sp³-hybridized carbons (Fsp3) is 0.472. The molecule has 231 valence electrons. The molecule has 2 aromatic carbocycles. The Bertz CT molecular complexity index is 1470. The van der Waals surface area contributed by atoms with Gasteiger partial charge >= 0.3 is 260 Å². The van der Waals surface area contributed by atoms with Crippen molar-refractivity contribution in [1.82, 2.24) is 4.90 Å². The van der Waals surface area contributed by atoms with Gasteiger partial charge < -0.3 is 24.8 Å². The summed E-state index contributed by atoms with van der Waals surface area (Å²) >= 11 is 0.969. The number of allylic oxidation sites excluding steroid dienone is 4. The van der Waals surface area contributed by atoms with Crippen LogP contribution in [0.4, 0.5) is 8.78 Å². The third kappa shape index (κ3) is 7.21. The Balaban J connectivity index is 0.00000253. The van der Waals surface area contributed by atoms with Crippen LogP contribution in [-0.4, -0.2) is 25.5 Å². The summed E-state index contributed by atoms with van der Waals surface area (Å²) in [4.78, 5) is 3.69. The van der Waals surface area contributed by atoms with Gasteiger partial charge in [-0.2, -0.15) is 0 Å². The van der Waals surface area contributed by atoms with Crippen molar-refractivity contribution < 1.29 is 52.3 Å². The van der Waals surface area contributed by atoms with Gasteiger partial charge in [-0.1, -0.05) is 0 Å². The topological polar surface area (TPSA) is 3.24 Å². The van der Waals surface area contributed by atoms with Crippen LogP contribution in [0.25, 0.3) is 5.57 Å². The molecule has 43 heavy (non-hydrogen) atoms. The van der Waals surface area contributed by atoms with Gasteiger partial charge in [-0.25, -0.2) is 0 Å². The summed E-state index contributed by atoms with van der Waals surface area (Å²) in [5.74, 6) is -0.863. The quantitative estimate of drug-likeness (QED) is 0.454. The van der Waals surface area contributed by atoms with Gasteiger partial charge in [0, 0.05) is 0 Å². The molecule has 1 atom stereocenters. The van der Waals surface area contributed by atoms with Crippen LogP contribution in [0, 0.1) is 11.6 Å². The van der Waals surface area contributed by atoms with Crippen molar-refractivity contribution >= 4 is 21.3 Å². The van der Waals surface area contributed by atoms with Gasteiger partial charge in [-0.15, -0.1) is 0 Å². The minimum absolute atomic E-state index is 0. The number of thioether (sulfide) groups is 1. The average Bonchev–Trinajstić information content (AvgIpc) is 3.38. The van der Waals surface area contributed by atoms with E-state index in [2.05, 4.69) is 85.4 Å². The SMILES string of the molecule is CC1=C(C)C2=C(c3cc(C(C)(C)C)cc(C(C)(C)C)c3)[CH]([Ti+2]=[C](c3c(F)cccc3F)N3CCCCC3)SC2=C1C.[Cl-].[Cl-]. The van der Waals surface area contributed by atoms with Crippen molar-refractivity contribution in [2.45, 2.75) is 96.0 Å². The van der Waals surface area contributed by atoms with Crippen LogP contribution in [0.5, 0.6) is 0 Å². The van der Waals surface area contributed by atoms with E-state index in [9.17, 15) is 0 Å². The van der Waals surface area contributed by atoms with Crippen molar-refractivity contribution in [2.75, 3.05) is 13.1 Å². The van der Waals surface area contributed by atoms with E-state index in [4.69, 9.17) is 0 Å². The Morgan fingerprint density at radius 2 is 1.33 bits per heavy atom. The standard InChI is InChI=1S/C24H31S.C12H13F2N.2ClH.Ti/c1-14-15(2)21-20(13-25-22(21)16(14)3)17-10-18(23(4,5)6)12-19(11-17)24(7,8)9;13-11-5-4-6-12(14)10(11)9-15-7-2-1-3-8-15;;;/h10-13H,1-9H3;4-6H,1-3,7-8H2;2*1H;/q;;;;+2/p-2. The van der Waals surface area contributed by atoms with Crippen LogP contribution in [0.2, 0.25) is 0 Å². The predicted octanol–water partition coefficient (Wildman–Crippen LogP) is 3.76. The van der Waals surface area contributed by atoms with Gasteiger partial charge in [0.1, 0.15) is 0 Å². The van der Waals surface area contributed by atoms with E-state index in [1.807, 2.05) is 11.8 Å². The molecule has 1 nitrogen and oxygen atoms in total. The fourth-order valence-corrected chi connectivity index (χ4v) is 11.1. The largest absolute Gasteiger partial charge is 1.00 e. The molecule has 0 bridgehead atoms. The van der Waals surface area contributed by atoms with E-state index in [-0.39, 0.29) is 44.8 Å². The van der Waals surface area contributed by atoms with Gasteiger partial charge in [0.15, 0.2) is 0 Å². The van der Waals surface area contributed by atoms with Crippen molar-refractivity contribution in [3.63, 3.8) is 0 Å². The summed E-state index contributed by atoms with van der Waals surface area (Å²) in [6.45, 7) is 22.2. The van der Waals surface area contributed by atoms with E-state index in [0.717, 1.165) is 29.9 Å². The zero-order valence-electron chi connectivity index (χ0n) is 26.9. The van der Waals surface area contributed by atoms with Crippen LogP contribution in [0.3, 0.4) is 0 Å². The summed E-state index contributed by atoms with van der Waals surface area (Å²) in [6, 6.07) is 11.5. The predicted molar refractivity (Wildman–Crippen MR) is 169 cm³/mol. The Kier molecular flexibility index (Phi) is 11.7. The third-order valence-electron chi connectivity index (χ3n) is 8.95. The van der Waals surface area contributed by atoms with E-state index in [1.54, 1.807) is 0 Å². The number of piperidine rings is 1. The first-order valence-corrected chi connectivity index (χ1v) is 17.5. The minimum atomic E-state index is -0.984. The van der Waals surface area contributed by atoms with Gasteiger partial charge in [-0.05, 0) is 0 Å².